The van der Waals surface area contributed by atoms with Crippen LogP contribution in [-0.4, -0.2) is 31.1 Å². The molecule has 1 amide bonds. The van der Waals surface area contributed by atoms with Crippen LogP contribution >= 0.6 is 11.3 Å². The van der Waals surface area contributed by atoms with Crippen LogP contribution in [-0.2, 0) is 0 Å². The largest absolute Gasteiger partial charge is 0.319 e. The van der Waals surface area contributed by atoms with Crippen molar-refractivity contribution in [3.63, 3.8) is 0 Å². The summed E-state index contributed by atoms with van der Waals surface area (Å²) in [6.45, 7) is 1.73. The van der Waals surface area contributed by atoms with E-state index >= 15 is 0 Å². The predicted octanol–water partition coefficient (Wildman–Crippen LogP) is 5.15. The summed E-state index contributed by atoms with van der Waals surface area (Å²) in [5.74, 6) is -0.467. The van der Waals surface area contributed by atoms with Crippen molar-refractivity contribution in [3.05, 3.63) is 95.4 Å². The molecule has 0 unspecified atom stereocenters. The van der Waals surface area contributed by atoms with Crippen LogP contribution < -0.4 is 5.32 Å². The molecular weight excluding hydrogens is 439 g/mol. The second-order valence-corrected chi connectivity index (χ2v) is 8.18. The fourth-order valence-corrected chi connectivity index (χ4v) is 4.35. The second-order valence-electron chi connectivity index (χ2n) is 7.18. The van der Waals surface area contributed by atoms with Gasteiger partial charge >= 0.3 is 0 Å². The number of benzene rings is 3. The van der Waals surface area contributed by atoms with Crippen molar-refractivity contribution in [2.75, 3.05) is 5.32 Å². The first-order valence-electron chi connectivity index (χ1n) is 10.1. The summed E-state index contributed by atoms with van der Waals surface area (Å²) >= 11 is 1.26. The Bertz CT molecular complexity index is 1430. The van der Waals surface area contributed by atoms with Crippen molar-refractivity contribution in [2.45, 2.75) is 6.92 Å². The van der Waals surface area contributed by atoms with E-state index in [4.69, 9.17) is 4.98 Å². The number of hydrogen-bond acceptors (Lipinski definition) is 6. The summed E-state index contributed by atoms with van der Waals surface area (Å²) in [5, 5.41) is 14.8. The van der Waals surface area contributed by atoms with Gasteiger partial charge in [-0.25, -0.2) is 9.37 Å². The molecule has 0 aliphatic carbocycles. The standard InChI is InChI=1S/C24H17FN6OS/c1-15-28-29-30-31(15)18-12-13-19(25)20(14-18)26-23(32)22-21(16-8-4-2-5-9-16)27-24(33-22)17-10-6-3-7-11-17/h2-14H,1H3,(H,26,32). The minimum Gasteiger partial charge on any atom is -0.319 e. The Morgan fingerprint density at radius 3 is 2.33 bits per heavy atom. The van der Waals surface area contributed by atoms with Gasteiger partial charge < -0.3 is 5.32 Å². The van der Waals surface area contributed by atoms with Crippen LogP contribution in [0, 0.1) is 12.7 Å². The molecule has 0 bridgehead atoms. The smallest absolute Gasteiger partial charge is 0.268 e. The maximum Gasteiger partial charge on any atom is 0.268 e. The monoisotopic (exact) mass is 456 g/mol. The summed E-state index contributed by atoms with van der Waals surface area (Å²) in [4.78, 5) is 18.4. The van der Waals surface area contributed by atoms with Gasteiger partial charge in [-0.1, -0.05) is 60.7 Å². The molecule has 5 aromatic rings. The number of tetrazole rings is 1. The number of anilines is 1. The first-order valence-corrected chi connectivity index (χ1v) is 10.9. The minimum absolute atomic E-state index is 0.0288. The lowest BCUT2D eigenvalue weighted by atomic mass is 10.1. The molecule has 0 radical (unpaired) electrons. The molecule has 2 aromatic heterocycles. The van der Waals surface area contributed by atoms with Gasteiger partial charge in [0, 0.05) is 11.1 Å². The molecule has 5 rings (SSSR count). The minimum atomic E-state index is -0.563. The fraction of sp³-hybridized carbons (Fsp3) is 0.0417. The molecule has 3 aromatic carbocycles. The van der Waals surface area contributed by atoms with Crippen molar-refractivity contribution in [1.29, 1.82) is 0 Å². The molecular formula is C24H17FN6OS. The maximum absolute atomic E-state index is 14.6. The molecule has 0 atom stereocenters. The average Bonchev–Trinajstić information content (AvgIpc) is 3.48. The zero-order valence-corrected chi connectivity index (χ0v) is 18.3. The number of aryl methyl sites for hydroxylation is 1. The summed E-state index contributed by atoms with van der Waals surface area (Å²) in [6.07, 6.45) is 0. The van der Waals surface area contributed by atoms with Crippen molar-refractivity contribution < 1.29 is 9.18 Å². The highest BCUT2D eigenvalue weighted by Crippen LogP contribution is 2.34. The lowest BCUT2D eigenvalue weighted by molar-refractivity contribution is 0.103. The van der Waals surface area contributed by atoms with Gasteiger partial charge in [-0.2, -0.15) is 4.68 Å². The topological polar surface area (TPSA) is 85.6 Å². The molecule has 7 nitrogen and oxygen atoms in total. The number of amides is 1. The Morgan fingerprint density at radius 1 is 0.970 bits per heavy atom. The summed E-state index contributed by atoms with van der Waals surface area (Å²) in [5.41, 5.74) is 2.82. The zero-order valence-electron chi connectivity index (χ0n) is 17.4. The number of nitrogens with one attached hydrogen (secondary N) is 1. The van der Waals surface area contributed by atoms with E-state index in [-0.39, 0.29) is 5.69 Å². The van der Waals surface area contributed by atoms with Gasteiger partial charge in [0.05, 0.1) is 17.1 Å². The van der Waals surface area contributed by atoms with Gasteiger partial charge in [0.15, 0.2) is 5.82 Å². The number of hydrogen-bond donors (Lipinski definition) is 1. The molecule has 0 fully saturated rings. The maximum atomic E-state index is 14.6. The molecule has 0 saturated heterocycles. The summed E-state index contributed by atoms with van der Waals surface area (Å²) in [6, 6.07) is 23.4. The highest BCUT2D eigenvalue weighted by atomic mass is 32.1. The van der Waals surface area contributed by atoms with Crippen molar-refractivity contribution in [3.8, 4) is 27.5 Å². The SMILES string of the molecule is Cc1nnnn1-c1ccc(F)c(NC(=O)c2sc(-c3ccccc3)nc2-c2ccccc2)c1. The number of halogens is 1. The third-order valence-electron chi connectivity index (χ3n) is 4.97. The second kappa shape index (κ2) is 8.71. The summed E-state index contributed by atoms with van der Waals surface area (Å²) in [7, 11) is 0. The highest BCUT2D eigenvalue weighted by molar-refractivity contribution is 7.17. The van der Waals surface area contributed by atoms with E-state index in [0.717, 1.165) is 11.1 Å². The van der Waals surface area contributed by atoms with Crippen molar-refractivity contribution in [1.82, 2.24) is 25.2 Å². The molecule has 9 heteroatoms. The van der Waals surface area contributed by atoms with E-state index in [1.165, 1.54) is 28.2 Å². The number of carbonyl (C=O) groups excluding carboxylic acids is 1. The van der Waals surface area contributed by atoms with Crippen LogP contribution in [0.5, 0.6) is 0 Å². The van der Waals surface area contributed by atoms with Crippen LogP contribution in [0.25, 0.3) is 27.5 Å². The van der Waals surface area contributed by atoms with Crippen LogP contribution in [0.1, 0.15) is 15.5 Å². The first kappa shape index (κ1) is 20.7. The lowest BCUT2D eigenvalue weighted by Gasteiger charge is -2.09. The Labute approximate surface area is 192 Å². The van der Waals surface area contributed by atoms with E-state index in [1.807, 2.05) is 60.7 Å². The normalized spacial score (nSPS) is 10.8. The van der Waals surface area contributed by atoms with Gasteiger partial charge in [0.2, 0.25) is 0 Å². The van der Waals surface area contributed by atoms with Crippen LogP contribution in [0.4, 0.5) is 10.1 Å². The summed E-state index contributed by atoms with van der Waals surface area (Å²) < 4.78 is 16.1. The lowest BCUT2D eigenvalue weighted by Crippen LogP contribution is -2.13. The number of thiazole rings is 1. The molecule has 0 spiro atoms. The van der Waals surface area contributed by atoms with E-state index in [9.17, 15) is 9.18 Å². The molecule has 162 valence electrons. The van der Waals surface area contributed by atoms with Crippen LogP contribution in [0.2, 0.25) is 0 Å². The number of rotatable bonds is 5. The zero-order chi connectivity index (χ0) is 22.8. The van der Waals surface area contributed by atoms with Gasteiger partial charge in [0.25, 0.3) is 5.91 Å². The quantitative estimate of drug-likeness (QED) is 0.395. The van der Waals surface area contributed by atoms with Gasteiger partial charge in [0.1, 0.15) is 15.7 Å². The Morgan fingerprint density at radius 2 is 1.67 bits per heavy atom. The third kappa shape index (κ3) is 4.13. The Hall–Kier alpha value is -4.24. The number of carbonyl (C=O) groups is 1. The molecule has 1 N–H and O–H groups in total. The fourth-order valence-electron chi connectivity index (χ4n) is 3.36. The number of nitrogens with zero attached hydrogens (tertiary/aromatic N) is 5. The molecule has 33 heavy (non-hydrogen) atoms. The van der Waals surface area contributed by atoms with Crippen LogP contribution in [0.3, 0.4) is 0 Å². The van der Waals surface area contributed by atoms with E-state index in [2.05, 4.69) is 20.8 Å². The van der Waals surface area contributed by atoms with Gasteiger partial charge in [-0.3, -0.25) is 4.79 Å². The van der Waals surface area contributed by atoms with Crippen molar-refractivity contribution in [2.24, 2.45) is 0 Å². The predicted molar refractivity (Wildman–Crippen MR) is 125 cm³/mol. The average molecular weight is 457 g/mol. The highest BCUT2D eigenvalue weighted by Gasteiger charge is 2.21. The van der Waals surface area contributed by atoms with Gasteiger partial charge in [-0.15, -0.1) is 16.4 Å². The van der Waals surface area contributed by atoms with E-state index in [0.29, 0.717) is 27.1 Å². The Balaban J connectivity index is 1.54. The molecule has 2 heterocycles. The molecule has 0 aliphatic rings. The molecule has 0 aliphatic heterocycles. The van der Waals surface area contributed by atoms with E-state index < -0.39 is 11.7 Å². The van der Waals surface area contributed by atoms with Gasteiger partial charge in [-0.05, 0) is 35.5 Å². The van der Waals surface area contributed by atoms with Crippen LogP contribution in [0.15, 0.2) is 78.9 Å². The molecule has 0 saturated carbocycles. The van der Waals surface area contributed by atoms with E-state index in [1.54, 1.807) is 13.0 Å². The third-order valence-corrected chi connectivity index (χ3v) is 6.07. The van der Waals surface area contributed by atoms with Crippen molar-refractivity contribution >= 4 is 22.9 Å². The Kier molecular flexibility index (Phi) is 5.45. The first-order chi connectivity index (χ1) is 16.1. The number of aromatic nitrogens is 5.